The predicted molar refractivity (Wildman–Crippen MR) is 109 cm³/mol. The number of carbonyl (C=O) groups is 2. The van der Waals surface area contributed by atoms with Crippen LogP contribution in [-0.4, -0.2) is 25.2 Å². The van der Waals surface area contributed by atoms with Gasteiger partial charge in [-0.3, -0.25) is 19.6 Å². The summed E-state index contributed by atoms with van der Waals surface area (Å²) in [4.78, 5) is 27.3. The normalized spacial score (nSPS) is 12.6. The fraction of sp³-hybridized carbons (Fsp3) is 0.0476. The maximum atomic E-state index is 12.8. The summed E-state index contributed by atoms with van der Waals surface area (Å²) in [6, 6.07) is 13.5. The van der Waals surface area contributed by atoms with Crippen molar-refractivity contribution in [2.75, 3.05) is 4.72 Å². The molecule has 0 spiro atoms. The van der Waals surface area contributed by atoms with Gasteiger partial charge in [0.05, 0.1) is 21.7 Å². The molecule has 2 N–H and O–H groups in total. The Morgan fingerprint density at radius 1 is 1.06 bits per heavy atom. The number of nitrogens with one attached hydrogen (secondary N) is 2. The van der Waals surface area contributed by atoms with Gasteiger partial charge in [-0.2, -0.15) is 5.26 Å². The molecule has 1 aliphatic heterocycles. The number of imide groups is 1. The molecule has 3 aromatic rings. The maximum Gasteiger partial charge on any atom is 0.261 e. The summed E-state index contributed by atoms with van der Waals surface area (Å²) in [5, 5.41) is 11.3. The number of rotatable bonds is 5. The zero-order valence-electron chi connectivity index (χ0n) is 16.0. The number of aryl methyl sites for hydroxylation is 1. The molecule has 1 aromatic heterocycles. The molecule has 31 heavy (non-hydrogen) atoms. The Kier molecular flexibility index (Phi) is 4.88. The molecule has 9 nitrogen and oxygen atoms in total. The first-order valence-corrected chi connectivity index (χ1v) is 10.4. The van der Waals surface area contributed by atoms with Crippen LogP contribution in [0.3, 0.4) is 0 Å². The number of hydrogen-bond donors (Lipinski definition) is 2. The highest BCUT2D eigenvalue weighted by Crippen LogP contribution is 2.28. The van der Waals surface area contributed by atoms with Crippen LogP contribution in [0, 0.1) is 18.3 Å². The zero-order valence-corrected chi connectivity index (χ0v) is 16.9. The first-order valence-electron chi connectivity index (χ1n) is 8.94. The largest absolute Gasteiger partial charge is 0.438 e. The Balaban J connectivity index is 1.58. The molecule has 0 saturated heterocycles. The lowest BCUT2D eigenvalue weighted by Gasteiger charge is -2.13. The number of pyridine rings is 1. The van der Waals surface area contributed by atoms with Gasteiger partial charge in [-0.15, -0.1) is 0 Å². The molecule has 0 unspecified atom stereocenters. The molecule has 2 heterocycles. The molecular weight excluding hydrogens is 420 g/mol. The van der Waals surface area contributed by atoms with Crippen molar-refractivity contribution in [1.82, 2.24) is 10.3 Å². The van der Waals surface area contributed by atoms with Gasteiger partial charge in [0.25, 0.3) is 21.8 Å². The third-order valence-corrected chi connectivity index (χ3v) is 5.93. The van der Waals surface area contributed by atoms with Crippen molar-refractivity contribution in [3.05, 3.63) is 77.0 Å². The van der Waals surface area contributed by atoms with E-state index in [2.05, 4.69) is 15.0 Å². The van der Waals surface area contributed by atoms with Gasteiger partial charge in [0.15, 0.2) is 0 Å². The number of carbonyl (C=O) groups excluding carboxylic acids is 2. The van der Waals surface area contributed by atoms with E-state index in [0.717, 1.165) is 6.07 Å². The molecule has 0 saturated carbocycles. The molecule has 0 fully saturated rings. The number of hydrogen-bond acceptors (Lipinski definition) is 7. The van der Waals surface area contributed by atoms with Crippen molar-refractivity contribution in [3.8, 4) is 17.7 Å². The fourth-order valence-electron chi connectivity index (χ4n) is 3.00. The molecule has 2 amide bonds. The third kappa shape index (κ3) is 3.82. The number of fused-ring (bicyclic) bond motifs is 1. The average Bonchev–Trinajstić information content (AvgIpc) is 3.03. The highest BCUT2D eigenvalue weighted by molar-refractivity contribution is 7.92. The highest BCUT2D eigenvalue weighted by atomic mass is 32.2. The van der Waals surface area contributed by atoms with Crippen LogP contribution < -0.4 is 14.8 Å². The van der Waals surface area contributed by atoms with E-state index >= 15 is 0 Å². The number of benzene rings is 2. The fourth-order valence-corrected chi connectivity index (χ4v) is 4.16. The Morgan fingerprint density at radius 3 is 2.58 bits per heavy atom. The van der Waals surface area contributed by atoms with Crippen LogP contribution >= 0.6 is 0 Å². The summed E-state index contributed by atoms with van der Waals surface area (Å²) in [5.74, 6) is -0.677. The number of nitrogens with zero attached hydrogens (tertiary/aromatic N) is 2. The first kappa shape index (κ1) is 20.1. The Bertz CT molecular complexity index is 1390. The Hall–Kier alpha value is -4.23. The third-order valence-electron chi connectivity index (χ3n) is 4.57. The molecule has 0 aliphatic carbocycles. The number of anilines is 1. The Morgan fingerprint density at radius 2 is 1.84 bits per heavy atom. The summed E-state index contributed by atoms with van der Waals surface area (Å²) in [6.45, 7) is 1.68. The number of ether oxygens (including phenoxy) is 1. The molecule has 0 atom stereocenters. The number of nitriles is 1. The van der Waals surface area contributed by atoms with Crippen molar-refractivity contribution < 1.29 is 22.7 Å². The molecule has 154 valence electrons. The first-order chi connectivity index (χ1) is 14.8. The van der Waals surface area contributed by atoms with Gasteiger partial charge >= 0.3 is 0 Å². The minimum absolute atomic E-state index is 0.0111. The lowest BCUT2D eigenvalue weighted by molar-refractivity contribution is 0.0879. The quantitative estimate of drug-likeness (QED) is 0.589. The molecular formula is C21H14N4O5S. The summed E-state index contributed by atoms with van der Waals surface area (Å²) >= 11 is 0. The van der Waals surface area contributed by atoms with E-state index in [4.69, 9.17) is 10.00 Å². The second-order valence-corrected chi connectivity index (χ2v) is 8.33. The van der Waals surface area contributed by atoms with Crippen LogP contribution in [0.5, 0.6) is 11.6 Å². The van der Waals surface area contributed by atoms with Crippen LogP contribution in [0.25, 0.3) is 0 Å². The second-order valence-electron chi connectivity index (χ2n) is 6.64. The van der Waals surface area contributed by atoms with Gasteiger partial charge < -0.3 is 4.74 Å². The number of sulfonamides is 1. The van der Waals surface area contributed by atoms with Crippen LogP contribution in [-0.2, 0) is 10.0 Å². The molecule has 0 bridgehead atoms. The molecule has 1 aliphatic rings. The van der Waals surface area contributed by atoms with Gasteiger partial charge in [-0.1, -0.05) is 0 Å². The van der Waals surface area contributed by atoms with E-state index in [0.29, 0.717) is 17.0 Å². The standard InChI is InChI=1S/C21H14N4O5S/c1-12-9-14(30-21-13(11-22)3-2-8-23-21)4-7-18(12)25-31(28,29)15-5-6-16-17(10-15)20(27)24-19(16)26/h2-10,25H,1H3,(H,24,26,27). The summed E-state index contributed by atoms with van der Waals surface area (Å²) in [7, 11) is -4.02. The lowest BCUT2D eigenvalue weighted by atomic mass is 10.1. The van der Waals surface area contributed by atoms with Crippen molar-refractivity contribution in [2.45, 2.75) is 11.8 Å². The van der Waals surface area contributed by atoms with Gasteiger partial charge in [0.2, 0.25) is 5.88 Å². The highest BCUT2D eigenvalue weighted by Gasteiger charge is 2.29. The summed E-state index contributed by atoms with van der Waals surface area (Å²) in [6.07, 6.45) is 1.50. The minimum atomic E-state index is -4.02. The monoisotopic (exact) mass is 434 g/mol. The molecule has 4 rings (SSSR count). The van der Waals surface area contributed by atoms with E-state index in [9.17, 15) is 18.0 Å². The van der Waals surface area contributed by atoms with Gasteiger partial charge in [0, 0.05) is 6.20 Å². The molecule has 2 aromatic carbocycles. The predicted octanol–water partition coefficient (Wildman–Crippen LogP) is 2.74. The molecule has 10 heteroatoms. The van der Waals surface area contributed by atoms with Crippen LogP contribution in [0.15, 0.2) is 59.6 Å². The van der Waals surface area contributed by atoms with Gasteiger partial charge in [-0.25, -0.2) is 13.4 Å². The van der Waals surface area contributed by atoms with E-state index < -0.39 is 21.8 Å². The summed E-state index contributed by atoms with van der Waals surface area (Å²) < 4.78 is 33.7. The van der Waals surface area contributed by atoms with E-state index in [1.54, 1.807) is 25.1 Å². The van der Waals surface area contributed by atoms with Crippen LogP contribution in [0.2, 0.25) is 0 Å². The van der Waals surface area contributed by atoms with Crippen molar-refractivity contribution in [3.63, 3.8) is 0 Å². The smallest absolute Gasteiger partial charge is 0.261 e. The second kappa shape index (κ2) is 7.55. The lowest BCUT2D eigenvalue weighted by Crippen LogP contribution is -2.20. The van der Waals surface area contributed by atoms with Crippen molar-refractivity contribution in [1.29, 1.82) is 5.26 Å². The molecule has 0 radical (unpaired) electrons. The van der Waals surface area contributed by atoms with Crippen molar-refractivity contribution in [2.24, 2.45) is 0 Å². The van der Waals surface area contributed by atoms with E-state index in [1.807, 2.05) is 6.07 Å². The maximum absolute atomic E-state index is 12.8. The van der Waals surface area contributed by atoms with Gasteiger partial charge in [0.1, 0.15) is 17.4 Å². The van der Waals surface area contributed by atoms with Gasteiger partial charge in [-0.05, 0) is 61.0 Å². The topological polar surface area (TPSA) is 138 Å². The van der Waals surface area contributed by atoms with Crippen LogP contribution in [0.4, 0.5) is 5.69 Å². The minimum Gasteiger partial charge on any atom is -0.438 e. The number of aromatic nitrogens is 1. The van der Waals surface area contributed by atoms with Crippen molar-refractivity contribution >= 4 is 27.5 Å². The summed E-state index contributed by atoms with van der Waals surface area (Å²) in [5.41, 5.74) is 1.27. The SMILES string of the molecule is Cc1cc(Oc2ncccc2C#N)ccc1NS(=O)(=O)c1ccc2c(c1)C(=O)NC2=O. The Labute approximate surface area is 177 Å². The van der Waals surface area contributed by atoms with E-state index in [-0.39, 0.29) is 27.5 Å². The van der Waals surface area contributed by atoms with E-state index in [1.165, 1.54) is 30.5 Å². The van der Waals surface area contributed by atoms with Crippen LogP contribution in [0.1, 0.15) is 31.8 Å². The number of amides is 2. The average molecular weight is 434 g/mol. The zero-order chi connectivity index (χ0) is 22.2.